The van der Waals surface area contributed by atoms with Crippen molar-refractivity contribution in [1.29, 1.82) is 0 Å². The molecule has 0 saturated carbocycles. The Morgan fingerprint density at radius 2 is 0.948 bits per heavy atom. The molecule has 0 spiro atoms. The van der Waals surface area contributed by atoms with Gasteiger partial charge in [-0.15, -0.1) is 0 Å². The number of fused-ring (bicyclic) bond motifs is 12. The molecule has 390 valence electrons. The monoisotopic (exact) mass is 1010 g/mol. The van der Waals surface area contributed by atoms with Gasteiger partial charge in [-0.05, 0) is 204 Å². The second-order valence-electron chi connectivity index (χ2n) is 29.3. The van der Waals surface area contributed by atoms with E-state index >= 15 is 0 Å². The van der Waals surface area contributed by atoms with Crippen LogP contribution in [0.15, 0.2) is 130 Å². The number of benzene rings is 7. The molecule has 0 bridgehead atoms. The van der Waals surface area contributed by atoms with Crippen LogP contribution in [-0.2, 0) is 37.9 Å². The van der Waals surface area contributed by atoms with E-state index in [-0.39, 0.29) is 44.6 Å². The molecule has 4 nitrogen and oxygen atoms in total. The van der Waals surface area contributed by atoms with Crippen molar-refractivity contribution in [3.8, 4) is 11.1 Å². The summed E-state index contributed by atoms with van der Waals surface area (Å²) in [6, 6.07) is 47.6. The smallest absolute Gasteiger partial charge is 0.257 e. The van der Waals surface area contributed by atoms with E-state index in [0.717, 1.165) is 88.0 Å². The molecule has 0 N–H and O–H groups in total. The third kappa shape index (κ3) is 7.02. The Morgan fingerprint density at radius 1 is 0.416 bits per heavy atom. The molecule has 5 heteroatoms. The highest BCUT2D eigenvalue weighted by atomic mass is 16.4. The summed E-state index contributed by atoms with van der Waals surface area (Å²) in [4.78, 5) is 5.22. The number of hydrogen-bond acceptors (Lipinski definition) is 4. The Bertz CT molecular complexity index is 3990. The van der Waals surface area contributed by atoms with Gasteiger partial charge < -0.3 is 13.7 Å². The normalized spacial score (nSPS) is 19.9. The summed E-state index contributed by atoms with van der Waals surface area (Å²) in [6.45, 7) is 36.4. The van der Waals surface area contributed by atoms with Crippen molar-refractivity contribution in [3.63, 3.8) is 0 Å². The third-order valence-electron chi connectivity index (χ3n) is 20.4. The van der Waals surface area contributed by atoms with Gasteiger partial charge in [-0.2, -0.15) is 0 Å². The molecule has 3 aliphatic carbocycles. The van der Waals surface area contributed by atoms with E-state index in [2.05, 4.69) is 235 Å². The molecule has 4 heterocycles. The van der Waals surface area contributed by atoms with Crippen molar-refractivity contribution < 1.29 is 8.83 Å². The molecule has 2 aliphatic heterocycles. The van der Waals surface area contributed by atoms with Gasteiger partial charge in [0.15, 0.2) is 0 Å². The fourth-order valence-electron chi connectivity index (χ4n) is 15.2. The van der Waals surface area contributed by atoms with Crippen LogP contribution in [0.5, 0.6) is 0 Å². The second-order valence-corrected chi connectivity index (χ2v) is 29.3. The maximum Gasteiger partial charge on any atom is 0.257 e. The van der Waals surface area contributed by atoms with Crippen molar-refractivity contribution in [2.45, 2.75) is 180 Å². The summed E-state index contributed by atoms with van der Waals surface area (Å²) in [5, 5.41) is 3.50. The molecule has 14 rings (SSSR count). The lowest BCUT2D eigenvalue weighted by molar-refractivity contribution is 0.332. The first-order chi connectivity index (χ1) is 36.2. The molecule has 9 aromatic rings. The van der Waals surface area contributed by atoms with Crippen LogP contribution < -0.4 is 26.2 Å². The highest BCUT2D eigenvalue weighted by Gasteiger charge is 2.50. The van der Waals surface area contributed by atoms with Gasteiger partial charge in [-0.25, -0.2) is 0 Å². The van der Waals surface area contributed by atoms with Gasteiger partial charge in [0.05, 0.1) is 0 Å². The maximum absolute atomic E-state index is 7.71. The Morgan fingerprint density at radius 3 is 1.58 bits per heavy atom. The van der Waals surface area contributed by atoms with Crippen molar-refractivity contribution in [2.75, 3.05) is 9.80 Å². The molecule has 2 aromatic heterocycles. The molecule has 77 heavy (non-hydrogen) atoms. The Labute approximate surface area is 458 Å². The van der Waals surface area contributed by atoms with Crippen LogP contribution in [0.2, 0.25) is 0 Å². The van der Waals surface area contributed by atoms with E-state index in [1.165, 1.54) is 84.2 Å². The SMILES string of the molecule is CC(C)(C)c1ccc(N2c3cc(-c4cccc5oc6ccccc6c45)cc4c3B(c3cc5c(cc3N4c3ccc4c(c3)C(C)(C)CCC4(C)C)C(C)(C)CCC5(C)C)c3c2oc2cc4c(cc32)C(C)(C)CCC4(C)C)cc1. The van der Waals surface area contributed by atoms with Crippen molar-refractivity contribution in [2.24, 2.45) is 0 Å². The van der Waals surface area contributed by atoms with E-state index in [1.54, 1.807) is 0 Å². The number of furan rings is 2. The number of rotatable bonds is 3. The second kappa shape index (κ2) is 15.6. The fourth-order valence-corrected chi connectivity index (χ4v) is 15.2. The zero-order valence-electron chi connectivity index (χ0n) is 48.6. The number of anilines is 6. The summed E-state index contributed by atoms with van der Waals surface area (Å²) in [5.41, 5.74) is 25.2. The van der Waals surface area contributed by atoms with Gasteiger partial charge in [0.25, 0.3) is 6.71 Å². The summed E-state index contributed by atoms with van der Waals surface area (Å²) in [7, 11) is 0. The summed E-state index contributed by atoms with van der Waals surface area (Å²) in [6.07, 6.45) is 6.89. The summed E-state index contributed by atoms with van der Waals surface area (Å²) < 4.78 is 14.4. The number of para-hydroxylation sites is 1. The van der Waals surface area contributed by atoms with E-state index in [1.807, 2.05) is 0 Å². The van der Waals surface area contributed by atoms with Crippen LogP contribution in [-0.4, -0.2) is 6.71 Å². The molecule has 7 aromatic carbocycles. The zero-order valence-corrected chi connectivity index (χ0v) is 48.6. The Balaban J connectivity index is 1.16. The Kier molecular flexibility index (Phi) is 9.93. The molecule has 0 atom stereocenters. The van der Waals surface area contributed by atoms with Crippen molar-refractivity contribution in [1.82, 2.24) is 0 Å². The van der Waals surface area contributed by atoms with Gasteiger partial charge in [0.1, 0.15) is 16.7 Å². The Hall–Kier alpha value is -6.46. The topological polar surface area (TPSA) is 32.8 Å². The lowest BCUT2D eigenvalue weighted by Gasteiger charge is -2.47. The van der Waals surface area contributed by atoms with Crippen LogP contribution in [0.25, 0.3) is 44.0 Å². The highest BCUT2D eigenvalue weighted by molar-refractivity contribution is 7.01. The lowest BCUT2D eigenvalue weighted by Crippen LogP contribution is -2.61. The van der Waals surface area contributed by atoms with Gasteiger partial charge in [-0.3, -0.25) is 4.90 Å². The highest BCUT2D eigenvalue weighted by Crippen LogP contribution is 2.55. The van der Waals surface area contributed by atoms with Gasteiger partial charge in [0, 0.05) is 50.1 Å². The largest absolute Gasteiger partial charge is 0.456 e. The third-order valence-corrected chi connectivity index (χ3v) is 20.4. The predicted octanol–water partition coefficient (Wildman–Crippen LogP) is 18.4. The quantitative estimate of drug-likeness (QED) is 0.165. The predicted molar refractivity (Wildman–Crippen MR) is 328 cm³/mol. The average molecular weight is 1010 g/mol. The van der Waals surface area contributed by atoms with Crippen LogP contribution in [0.1, 0.15) is 181 Å². The van der Waals surface area contributed by atoms with Crippen LogP contribution in [0, 0.1) is 0 Å². The minimum absolute atomic E-state index is 0.00334. The molecule has 0 unspecified atom stereocenters. The molecular weight excluding hydrogens is 936 g/mol. The van der Waals surface area contributed by atoms with Crippen LogP contribution >= 0.6 is 0 Å². The van der Waals surface area contributed by atoms with Crippen molar-refractivity contribution in [3.05, 3.63) is 160 Å². The fraction of sp³-hybridized carbons (Fsp3) is 0.389. The van der Waals surface area contributed by atoms with E-state index < -0.39 is 0 Å². The molecule has 5 aliphatic rings. The molecule has 0 saturated heterocycles. The van der Waals surface area contributed by atoms with E-state index in [0.29, 0.717) is 0 Å². The zero-order chi connectivity index (χ0) is 53.9. The van der Waals surface area contributed by atoms with E-state index in [9.17, 15) is 0 Å². The number of hydrogen-bond donors (Lipinski definition) is 0. The van der Waals surface area contributed by atoms with Crippen LogP contribution in [0.4, 0.5) is 34.3 Å². The first-order valence-corrected chi connectivity index (χ1v) is 29.0. The number of nitrogens with zero attached hydrogens (tertiary/aromatic N) is 2. The van der Waals surface area contributed by atoms with Gasteiger partial charge in [-0.1, -0.05) is 158 Å². The van der Waals surface area contributed by atoms with Gasteiger partial charge in [0.2, 0.25) is 5.88 Å². The molecular formula is C72H77BN2O2. The summed E-state index contributed by atoms with van der Waals surface area (Å²) in [5.74, 6) is 0.920. The van der Waals surface area contributed by atoms with Gasteiger partial charge >= 0.3 is 0 Å². The minimum Gasteiger partial charge on any atom is -0.456 e. The van der Waals surface area contributed by atoms with Crippen molar-refractivity contribution >= 4 is 90.3 Å². The average Bonchev–Trinajstić information content (AvgIpc) is 4.22. The molecule has 0 fully saturated rings. The minimum atomic E-state index is -0.121. The first kappa shape index (κ1) is 48.9. The lowest BCUT2D eigenvalue weighted by atomic mass is 9.33. The standard InChI is InChI=1S/C72H77BN2O2/c1-66(2,3)43-23-25-44(26-24-43)75-58-36-42(46-20-18-22-60-62(46)47-19-16-17-21-59(47)76-60)35-57-64(58)73(63-48-38-51-54(41-61(48)77-65(63)75)72(14,15)34-31-69(51,8)9)55-39-52-53(71(12,13)33-32-70(52,10)11)40-56(55)74(57)45-27-28-49-50(37-45)68(6,7)30-29-67(49,4)5/h16-28,35-41H,29-34H2,1-15H3. The molecule has 0 radical (unpaired) electrons. The van der Waals surface area contributed by atoms with E-state index in [4.69, 9.17) is 8.83 Å². The van der Waals surface area contributed by atoms with Crippen LogP contribution in [0.3, 0.4) is 0 Å². The summed E-state index contributed by atoms with van der Waals surface area (Å²) >= 11 is 0. The maximum atomic E-state index is 7.71. The molecule has 0 amide bonds. The first-order valence-electron chi connectivity index (χ1n) is 29.0.